The summed E-state index contributed by atoms with van der Waals surface area (Å²) in [6.07, 6.45) is -0.826. The predicted molar refractivity (Wildman–Crippen MR) is 50.3 cm³/mol. The molecule has 3 rings (SSSR count). The molecule has 3 aliphatic rings. The maximum atomic E-state index is 11.6. The molecule has 0 N–H and O–H groups in total. The van der Waals surface area contributed by atoms with Crippen LogP contribution in [0.15, 0.2) is 0 Å². The first-order valence-corrected chi connectivity index (χ1v) is 5.64. The van der Waals surface area contributed by atoms with Crippen molar-refractivity contribution in [1.29, 1.82) is 0 Å². The number of ether oxygens (including phenoxy) is 3. The lowest BCUT2D eigenvalue weighted by atomic mass is 9.80. The van der Waals surface area contributed by atoms with Gasteiger partial charge in [-0.1, -0.05) is 15.9 Å². The van der Waals surface area contributed by atoms with Gasteiger partial charge >= 0.3 is 11.9 Å². The number of fused-ring (bicyclic) bond motifs is 1. The van der Waals surface area contributed by atoms with Crippen LogP contribution in [0, 0.1) is 11.8 Å². The highest BCUT2D eigenvalue weighted by Crippen LogP contribution is 2.52. The van der Waals surface area contributed by atoms with Crippen LogP contribution in [-0.2, 0) is 23.8 Å². The Kier molecular flexibility index (Phi) is 1.88. The summed E-state index contributed by atoms with van der Waals surface area (Å²) in [6, 6.07) is 0. The summed E-state index contributed by atoms with van der Waals surface area (Å²) in [7, 11) is 1.31. The molecular weight excluding hydrogens is 268 g/mol. The monoisotopic (exact) mass is 276 g/mol. The molecular formula is C9H9BrO5. The van der Waals surface area contributed by atoms with Gasteiger partial charge in [-0.3, -0.25) is 9.59 Å². The van der Waals surface area contributed by atoms with Gasteiger partial charge in [0, 0.05) is 0 Å². The van der Waals surface area contributed by atoms with E-state index in [1.54, 1.807) is 0 Å². The summed E-state index contributed by atoms with van der Waals surface area (Å²) < 4.78 is 15.4. The molecule has 0 radical (unpaired) electrons. The fourth-order valence-electron chi connectivity index (χ4n) is 2.72. The van der Waals surface area contributed by atoms with E-state index in [0.717, 1.165) is 0 Å². The molecule has 3 fully saturated rings. The first-order chi connectivity index (χ1) is 7.15. The predicted octanol–water partition coefficient (Wildman–Crippen LogP) is -0.138. The third kappa shape index (κ3) is 1.01. The minimum atomic E-state index is -0.518. The van der Waals surface area contributed by atoms with Gasteiger partial charge < -0.3 is 14.2 Å². The van der Waals surface area contributed by atoms with Crippen LogP contribution in [0.4, 0.5) is 0 Å². The minimum absolute atomic E-state index is 0.103. The highest BCUT2D eigenvalue weighted by molar-refractivity contribution is 9.09. The lowest BCUT2D eigenvalue weighted by Crippen LogP contribution is -2.43. The summed E-state index contributed by atoms with van der Waals surface area (Å²) in [4.78, 5) is 23.0. The van der Waals surface area contributed by atoms with Crippen LogP contribution < -0.4 is 0 Å². The quantitative estimate of drug-likeness (QED) is 0.493. The van der Waals surface area contributed by atoms with Crippen molar-refractivity contribution in [2.45, 2.75) is 23.1 Å². The molecule has 0 spiro atoms. The molecule has 82 valence electrons. The second-order valence-electron chi connectivity index (χ2n) is 3.99. The van der Waals surface area contributed by atoms with E-state index in [-0.39, 0.29) is 29.1 Å². The molecule has 3 saturated heterocycles. The van der Waals surface area contributed by atoms with E-state index < -0.39 is 17.8 Å². The number of hydrogen-bond acceptors (Lipinski definition) is 5. The molecule has 0 unspecified atom stereocenters. The molecule has 0 aromatic carbocycles. The molecule has 6 heteroatoms. The van der Waals surface area contributed by atoms with Crippen LogP contribution >= 0.6 is 15.9 Å². The highest BCUT2D eigenvalue weighted by Gasteiger charge is 2.69. The van der Waals surface area contributed by atoms with Crippen molar-refractivity contribution in [2.75, 3.05) is 7.11 Å². The Balaban J connectivity index is 1.98. The number of methoxy groups -OCH3 is 1. The van der Waals surface area contributed by atoms with Gasteiger partial charge in [0.2, 0.25) is 0 Å². The Hall–Kier alpha value is -0.620. The van der Waals surface area contributed by atoms with Gasteiger partial charge in [0.25, 0.3) is 0 Å². The van der Waals surface area contributed by atoms with Crippen molar-refractivity contribution in [2.24, 2.45) is 11.8 Å². The normalized spacial score (nSPS) is 50.7. The van der Waals surface area contributed by atoms with Crippen molar-refractivity contribution in [3.8, 4) is 0 Å². The van der Waals surface area contributed by atoms with Crippen molar-refractivity contribution in [1.82, 2.24) is 0 Å². The van der Waals surface area contributed by atoms with Gasteiger partial charge in [-0.2, -0.15) is 0 Å². The molecule has 0 amide bonds. The van der Waals surface area contributed by atoms with Crippen molar-refractivity contribution < 1.29 is 23.8 Å². The third-order valence-corrected chi connectivity index (χ3v) is 4.40. The topological polar surface area (TPSA) is 61.8 Å². The van der Waals surface area contributed by atoms with Crippen LogP contribution in [0.5, 0.6) is 0 Å². The molecule has 15 heavy (non-hydrogen) atoms. The third-order valence-electron chi connectivity index (χ3n) is 3.36. The average molecular weight is 277 g/mol. The Morgan fingerprint density at radius 2 is 2.13 bits per heavy atom. The number of esters is 2. The smallest absolute Gasteiger partial charge is 0.313 e. The average Bonchev–Trinajstić information content (AvgIpc) is 2.80. The summed E-state index contributed by atoms with van der Waals surface area (Å²) >= 11 is 3.40. The Morgan fingerprint density at radius 1 is 1.40 bits per heavy atom. The zero-order valence-corrected chi connectivity index (χ0v) is 9.47. The molecule has 5 nitrogen and oxygen atoms in total. The molecule has 0 aromatic heterocycles. The van der Waals surface area contributed by atoms with Crippen LogP contribution in [0.3, 0.4) is 0 Å². The van der Waals surface area contributed by atoms with E-state index in [1.165, 1.54) is 7.11 Å². The van der Waals surface area contributed by atoms with E-state index in [2.05, 4.69) is 20.7 Å². The number of hydrogen-bond donors (Lipinski definition) is 0. The van der Waals surface area contributed by atoms with Crippen LogP contribution in [0.2, 0.25) is 0 Å². The van der Waals surface area contributed by atoms with Gasteiger partial charge in [0.05, 0.1) is 18.0 Å². The second-order valence-corrected chi connectivity index (χ2v) is 5.04. The Bertz CT molecular complexity index is 343. The molecule has 0 saturated carbocycles. The Morgan fingerprint density at radius 3 is 2.80 bits per heavy atom. The van der Waals surface area contributed by atoms with Crippen molar-refractivity contribution in [3.05, 3.63) is 0 Å². The second kappa shape index (κ2) is 2.95. The first kappa shape index (κ1) is 9.59. The zero-order valence-electron chi connectivity index (χ0n) is 7.88. The van der Waals surface area contributed by atoms with E-state index >= 15 is 0 Å². The van der Waals surface area contributed by atoms with Gasteiger partial charge in [0.1, 0.15) is 24.0 Å². The number of halogens is 1. The standard InChI is InChI=1S/C9H9BrO5/c1-13-8(11)2-3-6-7(15-9(3)12)4(10)5(2)14-6/h2-7H,1H3/t2-,3+,4+,5+,6+,7+/m0/s1. The van der Waals surface area contributed by atoms with Gasteiger partial charge in [-0.25, -0.2) is 0 Å². The SMILES string of the molecule is COC(=O)[C@@H]1[C@H]2O[C@H]3[C@H](OC(=O)[C@@H]31)[C@@H]2Br. The van der Waals surface area contributed by atoms with E-state index in [0.29, 0.717) is 0 Å². The van der Waals surface area contributed by atoms with Crippen molar-refractivity contribution >= 4 is 27.9 Å². The summed E-state index contributed by atoms with van der Waals surface area (Å²) in [5, 5.41) is 0. The van der Waals surface area contributed by atoms with Crippen LogP contribution in [-0.4, -0.2) is 42.2 Å². The number of carbonyl (C=O) groups is 2. The lowest BCUT2D eigenvalue weighted by Gasteiger charge is -2.22. The lowest BCUT2D eigenvalue weighted by molar-refractivity contribution is -0.153. The molecule has 3 aliphatic heterocycles. The van der Waals surface area contributed by atoms with Crippen LogP contribution in [0.25, 0.3) is 0 Å². The number of rotatable bonds is 1. The number of carbonyl (C=O) groups excluding carboxylic acids is 2. The fraction of sp³-hybridized carbons (Fsp3) is 0.778. The summed E-state index contributed by atoms with van der Waals surface area (Å²) in [5.41, 5.74) is 0. The molecule has 2 bridgehead atoms. The molecule has 0 aliphatic carbocycles. The number of alkyl halides is 1. The van der Waals surface area contributed by atoms with Gasteiger partial charge in [0.15, 0.2) is 0 Å². The largest absolute Gasteiger partial charge is 0.469 e. The van der Waals surface area contributed by atoms with Gasteiger partial charge in [-0.05, 0) is 0 Å². The summed E-state index contributed by atoms with van der Waals surface area (Å²) in [6.45, 7) is 0. The molecule has 6 atom stereocenters. The van der Waals surface area contributed by atoms with E-state index in [1.807, 2.05) is 0 Å². The minimum Gasteiger partial charge on any atom is -0.469 e. The van der Waals surface area contributed by atoms with Gasteiger partial charge in [-0.15, -0.1) is 0 Å². The van der Waals surface area contributed by atoms with Crippen molar-refractivity contribution in [3.63, 3.8) is 0 Å². The molecule has 0 aromatic rings. The van der Waals surface area contributed by atoms with Crippen LogP contribution in [0.1, 0.15) is 0 Å². The maximum absolute atomic E-state index is 11.6. The Labute approximate surface area is 94.2 Å². The molecule has 3 heterocycles. The highest BCUT2D eigenvalue weighted by atomic mass is 79.9. The first-order valence-electron chi connectivity index (χ1n) is 4.73. The van der Waals surface area contributed by atoms with E-state index in [4.69, 9.17) is 9.47 Å². The zero-order chi connectivity index (χ0) is 10.7. The fourth-order valence-corrected chi connectivity index (χ4v) is 3.59. The maximum Gasteiger partial charge on any atom is 0.313 e. The van der Waals surface area contributed by atoms with E-state index in [9.17, 15) is 9.59 Å². The summed E-state index contributed by atoms with van der Waals surface area (Å²) in [5.74, 6) is -1.73.